The number of hydrogen-bond donors (Lipinski definition) is 1. The molecule has 11 heavy (non-hydrogen) atoms. The Labute approximate surface area is 64.5 Å². The molecule has 0 spiro atoms. The lowest BCUT2D eigenvalue weighted by atomic mass is 10.5. The summed E-state index contributed by atoms with van der Waals surface area (Å²) in [7, 11) is 0. The summed E-state index contributed by atoms with van der Waals surface area (Å²) in [5.74, 6) is 1.12. The maximum atomic E-state index is 5.35. The second kappa shape index (κ2) is 2.92. The van der Waals surface area contributed by atoms with Gasteiger partial charge in [0.25, 0.3) is 0 Å². The molecule has 0 aromatic carbocycles. The average Bonchev–Trinajstić information content (AvgIpc) is 2.03. The molecule has 1 heterocycles. The van der Waals surface area contributed by atoms with Gasteiger partial charge in [0, 0.05) is 0 Å². The van der Waals surface area contributed by atoms with Crippen molar-refractivity contribution in [3.8, 4) is 0 Å². The van der Waals surface area contributed by atoms with E-state index in [9.17, 15) is 0 Å². The van der Waals surface area contributed by atoms with Crippen molar-refractivity contribution in [2.45, 2.75) is 0 Å². The molecule has 0 amide bonds. The largest absolute Gasteiger partial charge is 0.368 e. The van der Waals surface area contributed by atoms with E-state index in [1.165, 1.54) is 12.2 Å². The van der Waals surface area contributed by atoms with Gasteiger partial charge in [-0.1, -0.05) is 13.2 Å². The molecular formula is C7H8N4. The second-order valence-corrected chi connectivity index (χ2v) is 1.82. The minimum atomic E-state index is 0.185. The second-order valence-electron chi connectivity index (χ2n) is 1.82. The van der Waals surface area contributed by atoms with E-state index in [-0.39, 0.29) is 5.95 Å². The van der Waals surface area contributed by atoms with Crippen molar-refractivity contribution in [1.82, 2.24) is 15.0 Å². The van der Waals surface area contributed by atoms with Gasteiger partial charge in [-0.05, 0) is 12.2 Å². The molecule has 0 atom stereocenters. The van der Waals surface area contributed by atoms with Crippen LogP contribution in [0.25, 0.3) is 12.2 Å². The van der Waals surface area contributed by atoms with Gasteiger partial charge >= 0.3 is 0 Å². The van der Waals surface area contributed by atoms with E-state index in [4.69, 9.17) is 5.73 Å². The van der Waals surface area contributed by atoms with Crippen LogP contribution in [0.3, 0.4) is 0 Å². The number of aromatic nitrogens is 3. The molecule has 4 nitrogen and oxygen atoms in total. The van der Waals surface area contributed by atoms with E-state index in [2.05, 4.69) is 28.1 Å². The summed E-state index contributed by atoms with van der Waals surface area (Å²) in [6.07, 6.45) is 3.01. The molecule has 2 N–H and O–H groups in total. The minimum absolute atomic E-state index is 0.185. The van der Waals surface area contributed by atoms with Gasteiger partial charge in [0.05, 0.1) is 0 Å². The zero-order chi connectivity index (χ0) is 8.27. The topological polar surface area (TPSA) is 64.7 Å². The van der Waals surface area contributed by atoms with Crippen LogP contribution < -0.4 is 5.73 Å². The monoisotopic (exact) mass is 148 g/mol. The van der Waals surface area contributed by atoms with E-state index in [0.717, 1.165) is 0 Å². The molecule has 0 aliphatic rings. The molecule has 0 aliphatic carbocycles. The summed E-state index contributed by atoms with van der Waals surface area (Å²) in [6, 6.07) is 0. The van der Waals surface area contributed by atoms with Crippen molar-refractivity contribution >= 4 is 18.1 Å². The Morgan fingerprint density at radius 3 is 1.82 bits per heavy atom. The van der Waals surface area contributed by atoms with Crippen molar-refractivity contribution < 1.29 is 0 Å². The van der Waals surface area contributed by atoms with Crippen LogP contribution >= 0.6 is 0 Å². The molecule has 0 bridgehead atoms. The maximum absolute atomic E-state index is 5.35. The Bertz CT molecular complexity index is 266. The smallest absolute Gasteiger partial charge is 0.224 e. The minimum Gasteiger partial charge on any atom is -0.368 e. The molecule has 0 saturated heterocycles. The van der Waals surface area contributed by atoms with Gasteiger partial charge in [-0.15, -0.1) is 0 Å². The first-order valence-electron chi connectivity index (χ1n) is 3.02. The van der Waals surface area contributed by atoms with Gasteiger partial charge in [-0.25, -0.2) is 4.98 Å². The Morgan fingerprint density at radius 2 is 1.45 bits per heavy atom. The number of rotatable bonds is 2. The molecule has 56 valence electrons. The Kier molecular flexibility index (Phi) is 1.96. The summed E-state index contributed by atoms with van der Waals surface area (Å²) in [5, 5.41) is 0. The summed E-state index contributed by atoms with van der Waals surface area (Å²) >= 11 is 0. The highest BCUT2D eigenvalue weighted by Gasteiger charge is 1.96. The highest BCUT2D eigenvalue weighted by Crippen LogP contribution is 1.98. The van der Waals surface area contributed by atoms with E-state index < -0.39 is 0 Å². The SMILES string of the molecule is C=Cc1nc(N)nc(C=C)n1. The Hall–Kier alpha value is -1.71. The van der Waals surface area contributed by atoms with Gasteiger partial charge in [0.1, 0.15) is 0 Å². The molecule has 0 unspecified atom stereocenters. The number of anilines is 1. The summed E-state index contributed by atoms with van der Waals surface area (Å²) in [6.45, 7) is 7.01. The molecule has 1 rings (SSSR count). The van der Waals surface area contributed by atoms with Gasteiger partial charge in [-0.3, -0.25) is 0 Å². The van der Waals surface area contributed by atoms with Crippen LogP contribution in [0.15, 0.2) is 13.2 Å². The van der Waals surface area contributed by atoms with Crippen LogP contribution in [0.1, 0.15) is 11.6 Å². The fraction of sp³-hybridized carbons (Fsp3) is 0. The van der Waals surface area contributed by atoms with E-state index in [1.54, 1.807) is 0 Å². The number of nitrogens with zero attached hydrogens (tertiary/aromatic N) is 3. The molecular weight excluding hydrogens is 140 g/mol. The zero-order valence-corrected chi connectivity index (χ0v) is 5.99. The quantitative estimate of drug-likeness (QED) is 0.671. The third-order valence-electron chi connectivity index (χ3n) is 1.05. The van der Waals surface area contributed by atoms with Crippen LogP contribution in [0.5, 0.6) is 0 Å². The normalized spacial score (nSPS) is 9.09. The lowest BCUT2D eigenvalue weighted by Crippen LogP contribution is -2.01. The maximum Gasteiger partial charge on any atom is 0.224 e. The van der Waals surface area contributed by atoms with Crippen molar-refractivity contribution in [3.63, 3.8) is 0 Å². The van der Waals surface area contributed by atoms with Crippen LogP contribution in [-0.4, -0.2) is 15.0 Å². The summed E-state index contributed by atoms with van der Waals surface area (Å²) in [4.78, 5) is 11.5. The lowest BCUT2D eigenvalue weighted by molar-refractivity contribution is 1.02. The first kappa shape index (κ1) is 7.40. The molecule has 0 radical (unpaired) electrons. The predicted molar refractivity (Wildman–Crippen MR) is 44.4 cm³/mol. The first-order valence-corrected chi connectivity index (χ1v) is 3.02. The fourth-order valence-corrected chi connectivity index (χ4v) is 0.610. The molecule has 0 saturated carbocycles. The van der Waals surface area contributed by atoms with Crippen molar-refractivity contribution in [3.05, 3.63) is 24.8 Å². The molecule has 4 heteroatoms. The number of nitrogens with two attached hydrogens (primary N) is 1. The predicted octanol–water partition coefficient (Wildman–Crippen LogP) is 0.740. The van der Waals surface area contributed by atoms with Crippen LogP contribution in [0.2, 0.25) is 0 Å². The van der Waals surface area contributed by atoms with Gasteiger partial charge < -0.3 is 5.73 Å². The van der Waals surface area contributed by atoms with Gasteiger partial charge in [0.2, 0.25) is 5.95 Å². The highest BCUT2D eigenvalue weighted by molar-refractivity contribution is 5.44. The van der Waals surface area contributed by atoms with E-state index in [1.807, 2.05) is 0 Å². The number of hydrogen-bond acceptors (Lipinski definition) is 4. The molecule has 1 aromatic rings. The third-order valence-corrected chi connectivity index (χ3v) is 1.05. The van der Waals surface area contributed by atoms with Crippen LogP contribution in [0, 0.1) is 0 Å². The van der Waals surface area contributed by atoms with E-state index >= 15 is 0 Å². The van der Waals surface area contributed by atoms with Crippen molar-refractivity contribution in [2.75, 3.05) is 5.73 Å². The summed E-state index contributed by atoms with van der Waals surface area (Å²) < 4.78 is 0. The van der Waals surface area contributed by atoms with Crippen molar-refractivity contribution in [1.29, 1.82) is 0 Å². The van der Waals surface area contributed by atoms with Crippen LogP contribution in [-0.2, 0) is 0 Å². The number of nitrogen functional groups attached to an aromatic ring is 1. The molecule has 0 fully saturated rings. The van der Waals surface area contributed by atoms with Gasteiger partial charge in [-0.2, -0.15) is 9.97 Å². The summed E-state index contributed by atoms with van der Waals surface area (Å²) in [5.41, 5.74) is 5.35. The molecule has 1 aromatic heterocycles. The third kappa shape index (κ3) is 1.61. The average molecular weight is 148 g/mol. The van der Waals surface area contributed by atoms with E-state index in [0.29, 0.717) is 11.6 Å². The zero-order valence-electron chi connectivity index (χ0n) is 5.99. The standard InChI is InChI=1S/C7H8N4/c1-3-5-9-6(4-2)11-7(8)10-5/h3-4H,1-2H2,(H2,8,9,10,11). The Morgan fingerprint density at radius 1 is 1.00 bits per heavy atom. The Balaban J connectivity index is 3.21. The highest BCUT2D eigenvalue weighted by atomic mass is 15.1. The molecule has 0 aliphatic heterocycles. The fourth-order valence-electron chi connectivity index (χ4n) is 0.610. The van der Waals surface area contributed by atoms with Crippen LogP contribution in [0.4, 0.5) is 5.95 Å². The first-order chi connectivity index (χ1) is 5.26. The van der Waals surface area contributed by atoms with Gasteiger partial charge in [0.15, 0.2) is 11.6 Å². The van der Waals surface area contributed by atoms with Crippen molar-refractivity contribution in [2.24, 2.45) is 0 Å². The lowest BCUT2D eigenvalue weighted by Gasteiger charge is -1.95.